The fourth-order valence-corrected chi connectivity index (χ4v) is 2.03. The Kier molecular flexibility index (Phi) is 4.36. The van der Waals surface area contributed by atoms with Crippen molar-refractivity contribution in [2.45, 2.75) is 25.8 Å². The van der Waals surface area contributed by atoms with Crippen LogP contribution in [0.25, 0.3) is 0 Å². The van der Waals surface area contributed by atoms with Crippen LogP contribution in [0.2, 0.25) is 0 Å². The molecule has 2 nitrogen and oxygen atoms in total. The predicted molar refractivity (Wildman–Crippen MR) is 65.7 cm³/mol. The molecule has 0 aromatic heterocycles. The minimum absolute atomic E-state index is 0.151. The molecule has 0 saturated heterocycles. The SMILES string of the molecule is CCc1cc(C(N)CC#N)ccc1I. The van der Waals surface area contributed by atoms with Crippen molar-refractivity contribution in [2.75, 3.05) is 0 Å². The second-order valence-electron chi connectivity index (χ2n) is 3.17. The van der Waals surface area contributed by atoms with E-state index < -0.39 is 0 Å². The molecule has 14 heavy (non-hydrogen) atoms. The van der Waals surface area contributed by atoms with E-state index in [1.54, 1.807) is 0 Å². The molecule has 1 aromatic carbocycles. The van der Waals surface area contributed by atoms with Gasteiger partial charge in [-0.3, -0.25) is 0 Å². The lowest BCUT2D eigenvalue weighted by atomic mass is 10.0. The fourth-order valence-electron chi connectivity index (χ4n) is 1.31. The summed E-state index contributed by atoms with van der Waals surface area (Å²) in [7, 11) is 0. The van der Waals surface area contributed by atoms with Gasteiger partial charge >= 0.3 is 0 Å². The number of nitrogens with two attached hydrogens (primary N) is 1. The summed E-state index contributed by atoms with van der Waals surface area (Å²) in [5.41, 5.74) is 8.22. The van der Waals surface area contributed by atoms with Crippen molar-refractivity contribution in [3.8, 4) is 6.07 Å². The third-order valence-electron chi connectivity index (χ3n) is 2.19. The Bertz CT molecular complexity index is 355. The van der Waals surface area contributed by atoms with E-state index >= 15 is 0 Å². The molecule has 0 aliphatic heterocycles. The minimum Gasteiger partial charge on any atom is -0.323 e. The summed E-state index contributed by atoms with van der Waals surface area (Å²) in [6.07, 6.45) is 1.38. The van der Waals surface area contributed by atoms with Crippen molar-refractivity contribution in [3.05, 3.63) is 32.9 Å². The van der Waals surface area contributed by atoms with Gasteiger partial charge in [0.1, 0.15) is 0 Å². The quantitative estimate of drug-likeness (QED) is 0.873. The van der Waals surface area contributed by atoms with Gasteiger partial charge in [0.05, 0.1) is 12.5 Å². The monoisotopic (exact) mass is 300 g/mol. The first-order chi connectivity index (χ1) is 6.69. The molecule has 0 spiro atoms. The molecule has 1 atom stereocenters. The van der Waals surface area contributed by atoms with Gasteiger partial charge in [0, 0.05) is 9.61 Å². The highest BCUT2D eigenvalue weighted by molar-refractivity contribution is 14.1. The van der Waals surface area contributed by atoms with E-state index in [-0.39, 0.29) is 6.04 Å². The van der Waals surface area contributed by atoms with Gasteiger partial charge < -0.3 is 5.73 Å². The second kappa shape index (κ2) is 5.32. The summed E-state index contributed by atoms with van der Waals surface area (Å²) in [6, 6.07) is 8.11. The smallest absolute Gasteiger partial charge is 0.0641 e. The molecule has 0 aliphatic rings. The Hall–Kier alpha value is -0.600. The zero-order valence-electron chi connectivity index (χ0n) is 8.13. The normalized spacial score (nSPS) is 12.1. The first kappa shape index (κ1) is 11.5. The molecule has 1 rings (SSSR count). The summed E-state index contributed by atoms with van der Waals surface area (Å²) < 4.78 is 1.26. The second-order valence-corrected chi connectivity index (χ2v) is 4.34. The number of rotatable bonds is 3. The summed E-state index contributed by atoms with van der Waals surface area (Å²) in [5, 5.41) is 8.55. The van der Waals surface area contributed by atoms with Crippen molar-refractivity contribution in [3.63, 3.8) is 0 Å². The van der Waals surface area contributed by atoms with Crippen LogP contribution in [0.3, 0.4) is 0 Å². The van der Waals surface area contributed by atoms with Gasteiger partial charge in [0.15, 0.2) is 0 Å². The van der Waals surface area contributed by atoms with Crippen LogP contribution in [0.5, 0.6) is 0 Å². The zero-order valence-corrected chi connectivity index (χ0v) is 10.3. The van der Waals surface area contributed by atoms with Gasteiger partial charge in [-0.1, -0.05) is 19.1 Å². The maximum atomic E-state index is 8.55. The Morgan fingerprint density at radius 2 is 2.29 bits per heavy atom. The van der Waals surface area contributed by atoms with Crippen LogP contribution in [0.1, 0.15) is 30.5 Å². The van der Waals surface area contributed by atoms with Gasteiger partial charge in [-0.15, -0.1) is 0 Å². The van der Waals surface area contributed by atoms with Crippen LogP contribution in [-0.2, 0) is 6.42 Å². The van der Waals surface area contributed by atoms with Gasteiger partial charge in [0.2, 0.25) is 0 Å². The molecule has 0 radical (unpaired) electrons. The number of hydrogen-bond acceptors (Lipinski definition) is 2. The molecule has 3 heteroatoms. The number of nitriles is 1. The Labute approximate surface area is 98.3 Å². The largest absolute Gasteiger partial charge is 0.323 e. The molecular weight excluding hydrogens is 287 g/mol. The van der Waals surface area contributed by atoms with Gasteiger partial charge in [-0.25, -0.2) is 0 Å². The van der Waals surface area contributed by atoms with E-state index in [0.29, 0.717) is 6.42 Å². The third kappa shape index (κ3) is 2.69. The van der Waals surface area contributed by atoms with Crippen molar-refractivity contribution >= 4 is 22.6 Å². The highest BCUT2D eigenvalue weighted by Crippen LogP contribution is 2.20. The Balaban J connectivity index is 2.95. The molecule has 2 N–H and O–H groups in total. The van der Waals surface area contributed by atoms with Crippen LogP contribution >= 0.6 is 22.6 Å². The molecule has 0 amide bonds. The number of aryl methyl sites for hydroxylation is 1. The van der Waals surface area contributed by atoms with E-state index in [9.17, 15) is 0 Å². The number of hydrogen-bond donors (Lipinski definition) is 1. The van der Waals surface area contributed by atoms with Crippen LogP contribution in [0.15, 0.2) is 18.2 Å². The van der Waals surface area contributed by atoms with Gasteiger partial charge in [0.25, 0.3) is 0 Å². The first-order valence-corrected chi connectivity index (χ1v) is 5.67. The standard InChI is InChI=1S/C11H13IN2/c1-2-8-7-9(3-4-10(8)12)11(14)5-6-13/h3-4,7,11H,2,5,14H2,1H3. The lowest BCUT2D eigenvalue weighted by Gasteiger charge is -2.10. The van der Waals surface area contributed by atoms with Crippen molar-refractivity contribution in [1.29, 1.82) is 5.26 Å². The average molecular weight is 300 g/mol. The molecule has 0 saturated carbocycles. The molecule has 0 fully saturated rings. The number of halogens is 1. The summed E-state index contributed by atoms with van der Waals surface area (Å²) in [4.78, 5) is 0. The van der Waals surface area contributed by atoms with Crippen LogP contribution in [0, 0.1) is 14.9 Å². The van der Waals surface area contributed by atoms with Crippen LogP contribution in [-0.4, -0.2) is 0 Å². The fraction of sp³-hybridized carbons (Fsp3) is 0.364. The number of nitrogens with zero attached hydrogens (tertiary/aromatic N) is 1. The molecule has 0 aliphatic carbocycles. The zero-order chi connectivity index (χ0) is 10.6. The van der Waals surface area contributed by atoms with E-state index in [4.69, 9.17) is 11.0 Å². The van der Waals surface area contributed by atoms with E-state index in [1.807, 2.05) is 6.07 Å². The van der Waals surface area contributed by atoms with Crippen LogP contribution in [0.4, 0.5) is 0 Å². The van der Waals surface area contributed by atoms with E-state index in [1.165, 1.54) is 9.13 Å². The molecule has 0 heterocycles. The topological polar surface area (TPSA) is 49.8 Å². The predicted octanol–water partition coefficient (Wildman–Crippen LogP) is 2.77. The first-order valence-electron chi connectivity index (χ1n) is 4.60. The van der Waals surface area contributed by atoms with Crippen LogP contribution < -0.4 is 5.73 Å². The minimum atomic E-state index is -0.151. The summed E-state index contributed by atoms with van der Waals surface area (Å²) in [6.45, 7) is 2.12. The summed E-state index contributed by atoms with van der Waals surface area (Å²) in [5.74, 6) is 0. The van der Waals surface area contributed by atoms with E-state index in [0.717, 1.165) is 12.0 Å². The third-order valence-corrected chi connectivity index (χ3v) is 3.24. The molecule has 0 bridgehead atoms. The van der Waals surface area contributed by atoms with Gasteiger partial charge in [-0.2, -0.15) is 5.26 Å². The highest BCUT2D eigenvalue weighted by Gasteiger charge is 2.07. The molecule has 1 unspecified atom stereocenters. The highest BCUT2D eigenvalue weighted by atomic mass is 127. The lowest BCUT2D eigenvalue weighted by molar-refractivity contribution is 0.746. The van der Waals surface area contributed by atoms with Crippen molar-refractivity contribution in [1.82, 2.24) is 0 Å². The summed E-state index contributed by atoms with van der Waals surface area (Å²) >= 11 is 2.32. The molecular formula is C11H13IN2. The number of benzene rings is 1. The maximum absolute atomic E-state index is 8.55. The Morgan fingerprint density at radius 3 is 2.86 bits per heavy atom. The van der Waals surface area contributed by atoms with Gasteiger partial charge in [-0.05, 0) is 46.2 Å². The maximum Gasteiger partial charge on any atom is 0.0641 e. The molecule has 1 aromatic rings. The molecule has 74 valence electrons. The van der Waals surface area contributed by atoms with E-state index in [2.05, 4.69) is 47.7 Å². The lowest BCUT2D eigenvalue weighted by Crippen LogP contribution is -2.09. The van der Waals surface area contributed by atoms with Crippen molar-refractivity contribution in [2.24, 2.45) is 5.73 Å². The average Bonchev–Trinajstić information content (AvgIpc) is 2.19. The Morgan fingerprint density at radius 1 is 1.57 bits per heavy atom. The van der Waals surface area contributed by atoms with Crippen molar-refractivity contribution < 1.29 is 0 Å².